The molecule has 0 radical (unpaired) electrons. The van der Waals surface area contributed by atoms with Crippen molar-refractivity contribution in [1.82, 2.24) is 20.1 Å². The topological polar surface area (TPSA) is 42.7 Å². The monoisotopic (exact) mass is 254 g/mol. The fourth-order valence-corrected chi connectivity index (χ4v) is 3.06. The van der Waals surface area contributed by atoms with Crippen LogP contribution in [-0.4, -0.2) is 33.1 Å². The summed E-state index contributed by atoms with van der Waals surface area (Å²) in [6, 6.07) is 0.748. The summed E-state index contributed by atoms with van der Waals surface area (Å²) >= 11 is 1.77. The zero-order valence-corrected chi connectivity index (χ0v) is 11.4. The summed E-state index contributed by atoms with van der Waals surface area (Å²) < 4.78 is 1.83. The van der Waals surface area contributed by atoms with Crippen molar-refractivity contribution in [3.8, 4) is 0 Å². The highest BCUT2D eigenvalue weighted by Gasteiger charge is 2.11. The lowest BCUT2D eigenvalue weighted by atomic mass is 10.1. The van der Waals surface area contributed by atoms with Crippen LogP contribution >= 0.6 is 11.8 Å². The van der Waals surface area contributed by atoms with Gasteiger partial charge in [-0.1, -0.05) is 37.4 Å². The number of nitrogens with one attached hydrogen (secondary N) is 1. The lowest BCUT2D eigenvalue weighted by Crippen LogP contribution is -2.30. The number of nitrogens with zero attached hydrogens (tertiary/aromatic N) is 3. The molecule has 0 atom stereocenters. The smallest absolute Gasteiger partial charge is 0.185 e. The molecule has 0 amide bonds. The second-order valence-electron chi connectivity index (χ2n) is 4.66. The minimum absolute atomic E-state index is 0.748. The number of hydrogen-bond acceptors (Lipinski definition) is 4. The Morgan fingerprint density at radius 3 is 2.76 bits per heavy atom. The molecule has 0 aromatic carbocycles. The number of thioether (sulfide) groups is 1. The van der Waals surface area contributed by atoms with E-state index in [1.807, 2.05) is 11.7 Å². The maximum absolute atomic E-state index is 4.20. The molecule has 1 aromatic heterocycles. The highest BCUT2D eigenvalue weighted by Crippen LogP contribution is 2.17. The van der Waals surface area contributed by atoms with Gasteiger partial charge in [-0.2, -0.15) is 5.10 Å². The van der Waals surface area contributed by atoms with Crippen LogP contribution in [0, 0.1) is 0 Å². The molecule has 0 unspecified atom stereocenters. The molecule has 1 N–H and O–H groups in total. The van der Waals surface area contributed by atoms with Crippen molar-refractivity contribution in [2.45, 2.75) is 49.7 Å². The molecule has 1 aliphatic carbocycles. The normalized spacial score (nSPS) is 18.2. The summed E-state index contributed by atoms with van der Waals surface area (Å²) in [5.41, 5.74) is 0. The van der Waals surface area contributed by atoms with E-state index < -0.39 is 0 Å². The number of aryl methyl sites for hydroxylation is 1. The van der Waals surface area contributed by atoms with Gasteiger partial charge in [-0.15, -0.1) is 0 Å². The Hall–Kier alpha value is -0.550. The largest absolute Gasteiger partial charge is 0.313 e. The molecule has 17 heavy (non-hydrogen) atoms. The number of aromatic nitrogens is 3. The quantitative estimate of drug-likeness (QED) is 0.497. The van der Waals surface area contributed by atoms with E-state index in [0.717, 1.165) is 23.5 Å². The van der Waals surface area contributed by atoms with Gasteiger partial charge in [0.05, 0.1) is 0 Å². The maximum atomic E-state index is 4.20. The molecule has 1 fully saturated rings. The molecule has 0 saturated heterocycles. The van der Waals surface area contributed by atoms with E-state index in [1.165, 1.54) is 38.5 Å². The third-order valence-electron chi connectivity index (χ3n) is 3.29. The summed E-state index contributed by atoms with van der Waals surface area (Å²) in [7, 11) is 1.94. The zero-order chi connectivity index (χ0) is 11.9. The first kappa shape index (κ1) is 12.9. The molecule has 0 bridgehead atoms. The molecule has 0 aliphatic heterocycles. The summed E-state index contributed by atoms with van der Waals surface area (Å²) in [4.78, 5) is 4.20. The van der Waals surface area contributed by atoms with Crippen LogP contribution < -0.4 is 5.32 Å². The minimum atomic E-state index is 0.748. The van der Waals surface area contributed by atoms with Crippen molar-refractivity contribution in [1.29, 1.82) is 0 Å². The summed E-state index contributed by atoms with van der Waals surface area (Å²) in [6.45, 7) is 1.07. The Morgan fingerprint density at radius 2 is 2.12 bits per heavy atom. The third-order valence-corrected chi connectivity index (χ3v) is 4.33. The van der Waals surface area contributed by atoms with Crippen LogP contribution in [0.4, 0.5) is 0 Å². The molecule has 1 saturated carbocycles. The van der Waals surface area contributed by atoms with Crippen LogP contribution in [0.2, 0.25) is 0 Å². The third kappa shape index (κ3) is 4.32. The van der Waals surface area contributed by atoms with Crippen LogP contribution in [0.25, 0.3) is 0 Å². The first-order valence-corrected chi connectivity index (χ1v) is 7.55. The van der Waals surface area contributed by atoms with Crippen molar-refractivity contribution < 1.29 is 0 Å². The second kappa shape index (κ2) is 7.01. The fourth-order valence-electron chi connectivity index (χ4n) is 2.31. The summed E-state index contributed by atoms with van der Waals surface area (Å²) in [5, 5.41) is 8.73. The van der Waals surface area contributed by atoms with Gasteiger partial charge in [0.15, 0.2) is 5.16 Å². The van der Waals surface area contributed by atoms with Crippen molar-refractivity contribution in [3.05, 3.63) is 6.33 Å². The van der Waals surface area contributed by atoms with Crippen LogP contribution in [0.5, 0.6) is 0 Å². The predicted molar refractivity (Wildman–Crippen MR) is 71.2 cm³/mol. The lowest BCUT2D eigenvalue weighted by molar-refractivity contribution is 0.474. The first-order chi connectivity index (χ1) is 8.36. The van der Waals surface area contributed by atoms with E-state index in [9.17, 15) is 0 Å². The Balaban J connectivity index is 1.61. The van der Waals surface area contributed by atoms with Gasteiger partial charge in [0.25, 0.3) is 0 Å². The fraction of sp³-hybridized carbons (Fsp3) is 0.833. The molecule has 1 aliphatic rings. The Morgan fingerprint density at radius 1 is 1.35 bits per heavy atom. The van der Waals surface area contributed by atoms with Gasteiger partial charge in [0, 0.05) is 25.4 Å². The van der Waals surface area contributed by atoms with Crippen LogP contribution in [0.1, 0.15) is 38.5 Å². The van der Waals surface area contributed by atoms with Crippen molar-refractivity contribution in [2.24, 2.45) is 7.05 Å². The SMILES string of the molecule is Cn1ncnc1SCCNC1CCCCCC1. The van der Waals surface area contributed by atoms with Crippen LogP contribution in [0.3, 0.4) is 0 Å². The standard InChI is InChI=1S/C12H22N4S/c1-16-12(14-10-15-16)17-9-8-13-11-6-4-2-3-5-7-11/h10-11,13H,2-9H2,1H3. The molecule has 1 heterocycles. The average molecular weight is 254 g/mol. The van der Waals surface area contributed by atoms with Crippen molar-refractivity contribution >= 4 is 11.8 Å². The molecular formula is C12H22N4S. The molecule has 4 nitrogen and oxygen atoms in total. The van der Waals surface area contributed by atoms with E-state index in [4.69, 9.17) is 0 Å². The second-order valence-corrected chi connectivity index (χ2v) is 5.72. The van der Waals surface area contributed by atoms with Crippen molar-refractivity contribution in [3.63, 3.8) is 0 Å². The molecular weight excluding hydrogens is 232 g/mol. The summed E-state index contributed by atoms with van der Waals surface area (Å²) in [5.74, 6) is 1.07. The molecule has 5 heteroatoms. The van der Waals surface area contributed by atoms with E-state index in [0.29, 0.717) is 0 Å². The zero-order valence-electron chi connectivity index (χ0n) is 10.6. The molecule has 1 aromatic rings. The van der Waals surface area contributed by atoms with Gasteiger partial charge in [-0.05, 0) is 12.8 Å². The van der Waals surface area contributed by atoms with Gasteiger partial charge < -0.3 is 5.32 Å². The van der Waals surface area contributed by atoms with Crippen LogP contribution in [-0.2, 0) is 7.05 Å². The number of rotatable bonds is 5. The highest BCUT2D eigenvalue weighted by atomic mass is 32.2. The molecule has 0 spiro atoms. The first-order valence-electron chi connectivity index (χ1n) is 6.56. The van der Waals surface area contributed by atoms with Gasteiger partial charge in [0.1, 0.15) is 6.33 Å². The molecule has 96 valence electrons. The Kier molecular flexibility index (Phi) is 5.32. The average Bonchev–Trinajstić information content (AvgIpc) is 2.60. The van der Waals surface area contributed by atoms with E-state index in [2.05, 4.69) is 15.4 Å². The Bertz CT molecular complexity index is 318. The van der Waals surface area contributed by atoms with Gasteiger partial charge in [0.2, 0.25) is 0 Å². The Labute approximate surface area is 108 Å². The van der Waals surface area contributed by atoms with Gasteiger partial charge >= 0.3 is 0 Å². The molecule has 2 rings (SSSR count). The van der Waals surface area contributed by atoms with Gasteiger partial charge in [-0.25, -0.2) is 9.67 Å². The maximum Gasteiger partial charge on any atom is 0.185 e. The van der Waals surface area contributed by atoms with Crippen molar-refractivity contribution in [2.75, 3.05) is 12.3 Å². The summed E-state index contributed by atoms with van der Waals surface area (Å²) in [6.07, 6.45) is 9.96. The highest BCUT2D eigenvalue weighted by molar-refractivity contribution is 7.99. The van der Waals surface area contributed by atoms with Gasteiger partial charge in [-0.3, -0.25) is 0 Å². The van der Waals surface area contributed by atoms with Crippen LogP contribution in [0.15, 0.2) is 11.5 Å². The lowest BCUT2D eigenvalue weighted by Gasteiger charge is -2.15. The number of hydrogen-bond donors (Lipinski definition) is 1. The van der Waals surface area contributed by atoms with E-state index >= 15 is 0 Å². The minimum Gasteiger partial charge on any atom is -0.313 e. The predicted octanol–water partition coefficient (Wildman–Crippen LogP) is 2.22. The van der Waals surface area contributed by atoms with E-state index in [1.54, 1.807) is 18.1 Å². The van der Waals surface area contributed by atoms with E-state index in [-0.39, 0.29) is 0 Å².